The number of carbonyl (C=O) groups is 1. The molecule has 0 spiro atoms. The van der Waals surface area contributed by atoms with Crippen molar-refractivity contribution in [3.05, 3.63) is 158 Å². The number of thiocarbonyl (C=S) groups is 1. The van der Waals surface area contributed by atoms with Crippen LogP contribution in [0.1, 0.15) is 185 Å². The number of carboxylic acids is 1. The summed E-state index contributed by atoms with van der Waals surface area (Å²) in [7, 11) is 0. The molecule has 0 heterocycles. The van der Waals surface area contributed by atoms with Gasteiger partial charge in [0.15, 0.2) is 0 Å². The van der Waals surface area contributed by atoms with Crippen LogP contribution < -0.4 is 0 Å². The summed E-state index contributed by atoms with van der Waals surface area (Å²) in [6.07, 6.45) is 4.53. The summed E-state index contributed by atoms with van der Waals surface area (Å²) in [6.45, 7) is 27.3. The zero-order chi connectivity index (χ0) is 38.9. The number of carboxylic acid groups (broad SMARTS) is 1. The summed E-state index contributed by atoms with van der Waals surface area (Å²) in [5.74, 6) is 0.863. The Bertz CT molecular complexity index is 1960. The maximum absolute atomic E-state index is 12.8. The third-order valence-electron chi connectivity index (χ3n) is 10.7. The third kappa shape index (κ3) is 8.11. The van der Waals surface area contributed by atoms with Gasteiger partial charge in [0.2, 0.25) is 0 Å². The van der Waals surface area contributed by atoms with Crippen molar-refractivity contribution >= 4 is 39.8 Å². The van der Waals surface area contributed by atoms with Crippen LogP contribution in [0.15, 0.2) is 96.6 Å². The van der Waals surface area contributed by atoms with Gasteiger partial charge in [-0.3, -0.25) is 0 Å². The minimum absolute atomic E-state index is 0.260. The quantitative estimate of drug-likeness (QED) is 0.157. The summed E-state index contributed by atoms with van der Waals surface area (Å²) in [6, 6.07) is 27.2. The van der Waals surface area contributed by atoms with Gasteiger partial charge < -0.3 is 5.11 Å². The van der Waals surface area contributed by atoms with Gasteiger partial charge in [-0.25, -0.2) is 4.79 Å². The minimum Gasteiger partial charge on any atom is -0.478 e. The highest BCUT2D eigenvalue weighted by molar-refractivity contribution is 7.82. The molecule has 1 aliphatic carbocycles. The number of hydrogen-bond acceptors (Lipinski definition) is 2. The lowest BCUT2D eigenvalue weighted by atomic mass is 9.74. The van der Waals surface area contributed by atoms with Gasteiger partial charge in [0.1, 0.15) is 0 Å². The van der Waals surface area contributed by atoms with Gasteiger partial charge in [0, 0.05) is 11.1 Å². The van der Waals surface area contributed by atoms with E-state index >= 15 is 0 Å². The summed E-state index contributed by atoms with van der Waals surface area (Å²) >= 11 is 6.75. The van der Waals surface area contributed by atoms with Gasteiger partial charge in [-0.2, -0.15) is 0 Å². The number of hydrogen-bond donors (Lipinski definition) is 1. The average Bonchev–Trinajstić information content (AvgIpc) is 3.11. The van der Waals surface area contributed by atoms with E-state index in [0.29, 0.717) is 17.4 Å². The molecule has 0 fully saturated rings. The Morgan fingerprint density at radius 2 is 0.868 bits per heavy atom. The predicted octanol–water partition coefficient (Wildman–Crippen LogP) is 14.5. The maximum atomic E-state index is 12.8. The Balaban J connectivity index is 2.05. The fourth-order valence-corrected chi connectivity index (χ4v) is 7.97. The first-order valence-corrected chi connectivity index (χ1v) is 19.9. The molecule has 0 bridgehead atoms. The van der Waals surface area contributed by atoms with E-state index in [-0.39, 0.29) is 29.2 Å². The van der Waals surface area contributed by atoms with Crippen molar-refractivity contribution in [1.82, 2.24) is 0 Å². The second-order valence-corrected chi connectivity index (χ2v) is 17.0. The molecule has 3 heteroatoms. The summed E-state index contributed by atoms with van der Waals surface area (Å²) < 4.78 is 0. The van der Waals surface area contributed by atoms with Crippen LogP contribution in [0.3, 0.4) is 0 Å². The molecule has 1 aliphatic rings. The van der Waals surface area contributed by atoms with Crippen LogP contribution in [-0.4, -0.2) is 15.9 Å². The van der Waals surface area contributed by atoms with E-state index in [1.807, 2.05) is 30.3 Å². The molecule has 0 aliphatic heterocycles. The number of allylic oxidation sites excluding steroid dienone is 5. The molecule has 4 aromatic carbocycles. The number of aromatic carboxylic acids is 1. The Morgan fingerprint density at radius 1 is 0.509 bits per heavy atom. The van der Waals surface area contributed by atoms with Crippen molar-refractivity contribution in [1.29, 1.82) is 0 Å². The molecule has 5 rings (SSSR count). The topological polar surface area (TPSA) is 37.3 Å². The molecule has 4 aromatic rings. The van der Waals surface area contributed by atoms with E-state index in [2.05, 4.69) is 132 Å². The second-order valence-electron chi connectivity index (χ2n) is 16.6. The zero-order valence-electron chi connectivity index (χ0n) is 33.9. The summed E-state index contributed by atoms with van der Waals surface area (Å²) in [5, 5.41) is 10.5. The van der Waals surface area contributed by atoms with E-state index in [4.69, 9.17) is 12.2 Å². The first-order valence-electron chi connectivity index (χ1n) is 19.5. The Kier molecular flexibility index (Phi) is 12.3. The van der Waals surface area contributed by atoms with Gasteiger partial charge >= 0.3 is 5.97 Å². The van der Waals surface area contributed by atoms with Crippen LogP contribution in [0.4, 0.5) is 0 Å². The first kappa shape index (κ1) is 39.9. The van der Waals surface area contributed by atoms with E-state index in [1.54, 1.807) is 12.1 Å². The van der Waals surface area contributed by atoms with Crippen molar-refractivity contribution in [2.24, 2.45) is 0 Å². The van der Waals surface area contributed by atoms with Crippen LogP contribution in [0.25, 0.3) is 16.7 Å². The maximum Gasteiger partial charge on any atom is 0.336 e. The Morgan fingerprint density at radius 3 is 1.21 bits per heavy atom. The largest absolute Gasteiger partial charge is 0.478 e. The van der Waals surface area contributed by atoms with Gasteiger partial charge in [0.25, 0.3) is 0 Å². The lowest BCUT2D eigenvalue weighted by molar-refractivity contribution is 0.0696. The summed E-state index contributed by atoms with van der Waals surface area (Å²) in [4.78, 5) is 13.7. The van der Waals surface area contributed by atoms with Crippen molar-refractivity contribution < 1.29 is 9.90 Å². The first-order chi connectivity index (χ1) is 25.0. The highest BCUT2D eigenvalue weighted by Crippen LogP contribution is 2.46. The molecule has 0 aromatic heterocycles. The minimum atomic E-state index is -0.948. The molecule has 0 saturated carbocycles. The van der Waals surface area contributed by atoms with Gasteiger partial charge in [-0.1, -0.05) is 168 Å². The van der Waals surface area contributed by atoms with Crippen LogP contribution in [0, 0.1) is 0 Å². The molecule has 0 atom stereocenters. The fraction of sp³-hybridized carbons (Fsp3) is 0.360. The normalized spacial score (nSPS) is 13.5. The Labute approximate surface area is 324 Å². The van der Waals surface area contributed by atoms with Crippen molar-refractivity contribution in [2.45, 2.75) is 119 Å². The average molecular weight is 723 g/mol. The van der Waals surface area contributed by atoms with Crippen molar-refractivity contribution in [2.75, 3.05) is 0 Å². The second kappa shape index (κ2) is 16.4. The van der Waals surface area contributed by atoms with Crippen molar-refractivity contribution in [3.63, 3.8) is 0 Å². The highest BCUT2D eigenvalue weighted by atomic mass is 32.1. The molecule has 2 nitrogen and oxygen atoms in total. The summed E-state index contributed by atoms with van der Waals surface area (Å²) in [5.41, 5.74) is 16.1. The molecule has 0 saturated heterocycles. The molecule has 0 radical (unpaired) electrons. The van der Waals surface area contributed by atoms with Crippen LogP contribution in [-0.2, 0) is 0 Å². The molecule has 276 valence electrons. The van der Waals surface area contributed by atoms with Gasteiger partial charge in [-0.05, 0) is 121 Å². The smallest absolute Gasteiger partial charge is 0.336 e. The highest BCUT2D eigenvalue weighted by Gasteiger charge is 2.31. The van der Waals surface area contributed by atoms with E-state index in [1.165, 1.54) is 44.5 Å². The molecular weight excluding hydrogens is 665 g/mol. The molecule has 0 amide bonds. The molecule has 53 heavy (non-hydrogen) atoms. The SMILES string of the molecule is CC(C)c1cc(C(C)C)c(C2=CC(=C(c3ccccc3)c3ccccc3C(=O)O)C=C(c3c(C(C)C)cc(C(C)C)cc3C(C)C)C2=S)c(C(C)C)c1. The van der Waals surface area contributed by atoms with Crippen LogP contribution in [0.2, 0.25) is 0 Å². The lowest BCUT2D eigenvalue weighted by Gasteiger charge is -2.31. The van der Waals surface area contributed by atoms with E-state index in [0.717, 1.165) is 32.7 Å². The van der Waals surface area contributed by atoms with Crippen LogP contribution >= 0.6 is 12.2 Å². The van der Waals surface area contributed by atoms with Gasteiger partial charge in [-0.15, -0.1) is 0 Å². The van der Waals surface area contributed by atoms with E-state index in [9.17, 15) is 9.90 Å². The molecule has 0 unspecified atom stereocenters. The third-order valence-corrected chi connectivity index (χ3v) is 11.1. The van der Waals surface area contributed by atoms with Gasteiger partial charge in [0.05, 0.1) is 10.4 Å². The van der Waals surface area contributed by atoms with E-state index < -0.39 is 5.97 Å². The number of rotatable bonds is 11. The fourth-order valence-electron chi connectivity index (χ4n) is 7.65. The number of benzene rings is 4. The predicted molar refractivity (Wildman–Crippen MR) is 232 cm³/mol. The molecule has 1 N–H and O–H groups in total. The lowest BCUT2D eigenvalue weighted by Crippen LogP contribution is -2.17. The monoisotopic (exact) mass is 722 g/mol. The van der Waals surface area contributed by atoms with Crippen LogP contribution in [0.5, 0.6) is 0 Å². The standard InChI is InChI=1S/C50H58O2S/c1-28(2)35-22-40(30(5)6)47(41(23-35)31(7)8)44-26-37(46(34-18-14-13-15-19-34)38-20-16-17-21-39(38)50(51)52)27-45(49(44)53)48-42(32(9)10)24-36(29(3)4)25-43(48)33(11)12/h13-33H,1-12H3,(H,51,52). The molecular formula is C50H58O2S. The Hall–Kier alpha value is -4.34. The van der Waals surface area contributed by atoms with Crippen molar-refractivity contribution in [3.8, 4) is 0 Å². The zero-order valence-corrected chi connectivity index (χ0v) is 34.7.